The van der Waals surface area contributed by atoms with Crippen LogP contribution in [0.2, 0.25) is 0 Å². The minimum atomic E-state index is -0.0347. The summed E-state index contributed by atoms with van der Waals surface area (Å²) in [6, 6.07) is 0. The molecular formula is C5H7NO. The van der Waals surface area contributed by atoms with Crippen molar-refractivity contribution in [3.63, 3.8) is 0 Å². The molecule has 0 aliphatic heterocycles. The van der Waals surface area contributed by atoms with Crippen LogP contribution in [0.1, 0.15) is 19.8 Å². The molecule has 0 aromatic carbocycles. The van der Waals surface area contributed by atoms with Crippen molar-refractivity contribution in [1.29, 1.82) is 0 Å². The Balaban J connectivity index is 2.28. The highest BCUT2D eigenvalue weighted by Crippen LogP contribution is 2.80. The van der Waals surface area contributed by atoms with Gasteiger partial charge < -0.3 is 0 Å². The van der Waals surface area contributed by atoms with Crippen molar-refractivity contribution in [2.45, 2.75) is 25.3 Å². The summed E-state index contributed by atoms with van der Waals surface area (Å²) in [4.78, 5) is 9.89. The van der Waals surface area contributed by atoms with Crippen molar-refractivity contribution in [3.8, 4) is 0 Å². The first-order valence-electron chi connectivity index (χ1n) is 2.57. The van der Waals surface area contributed by atoms with Gasteiger partial charge in [-0.1, -0.05) is 12.1 Å². The van der Waals surface area contributed by atoms with Gasteiger partial charge in [0.2, 0.25) is 0 Å². The second kappa shape index (κ2) is 0.556. The molecular weight excluding hydrogens is 90.1 g/mol. The molecule has 0 spiro atoms. The Morgan fingerprint density at radius 2 is 2.00 bits per heavy atom. The Kier molecular flexibility index (Phi) is 0.285. The molecule has 2 nitrogen and oxygen atoms in total. The Morgan fingerprint density at radius 3 is 2.00 bits per heavy atom. The summed E-state index contributed by atoms with van der Waals surface area (Å²) >= 11 is 0. The fourth-order valence-corrected chi connectivity index (χ4v) is 1.33. The Bertz CT molecular complexity index is 135. The Labute approximate surface area is 41.9 Å². The smallest absolute Gasteiger partial charge is 0.109 e. The molecule has 0 heterocycles. The standard InChI is InChI=1S/C5H7NO/c1-4-2-5(4,3-4)6-7/h2-3H2,1H3. The van der Waals surface area contributed by atoms with Gasteiger partial charge in [0, 0.05) is 5.41 Å². The van der Waals surface area contributed by atoms with Crippen molar-refractivity contribution >= 4 is 0 Å². The average molecular weight is 97.1 g/mol. The second-order valence-corrected chi connectivity index (χ2v) is 3.04. The van der Waals surface area contributed by atoms with Crippen LogP contribution in [-0.4, -0.2) is 5.54 Å². The van der Waals surface area contributed by atoms with Gasteiger partial charge in [0.15, 0.2) is 0 Å². The van der Waals surface area contributed by atoms with Crippen LogP contribution in [0.5, 0.6) is 0 Å². The third-order valence-electron chi connectivity index (χ3n) is 2.41. The molecule has 0 atom stereocenters. The maximum Gasteiger partial charge on any atom is 0.109 e. The molecule has 7 heavy (non-hydrogen) atoms. The van der Waals surface area contributed by atoms with Gasteiger partial charge in [0.05, 0.1) is 0 Å². The minimum absolute atomic E-state index is 0.0347. The maximum atomic E-state index is 9.89. The number of hydrogen-bond donors (Lipinski definition) is 0. The highest BCUT2D eigenvalue weighted by molar-refractivity contribution is 5.36. The van der Waals surface area contributed by atoms with E-state index in [9.17, 15) is 4.91 Å². The van der Waals surface area contributed by atoms with Crippen LogP contribution < -0.4 is 0 Å². The van der Waals surface area contributed by atoms with Gasteiger partial charge in [-0.3, -0.25) is 0 Å². The van der Waals surface area contributed by atoms with Crippen LogP contribution in [0.15, 0.2) is 5.18 Å². The predicted octanol–water partition coefficient (Wildman–Crippen LogP) is 1.31. The average Bonchev–Trinajstić information content (AvgIpc) is 2.24. The van der Waals surface area contributed by atoms with Crippen LogP contribution in [-0.2, 0) is 0 Å². The zero-order chi connectivity index (χ0) is 5.12. The lowest BCUT2D eigenvalue weighted by molar-refractivity contribution is 0.710. The molecule has 2 aliphatic rings. The van der Waals surface area contributed by atoms with Gasteiger partial charge >= 0.3 is 0 Å². The van der Waals surface area contributed by atoms with Crippen molar-refractivity contribution in [1.82, 2.24) is 0 Å². The molecule has 0 aromatic rings. The van der Waals surface area contributed by atoms with Crippen LogP contribution >= 0.6 is 0 Å². The predicted molar refractivity (Wildman–Crippen MR) is 25.9 cm³/mol. The van der Waals surface area contributed by atoms with Crippen LogP contribution in [0.3, 0.4) is 0 Å². The van der Waals surface area contributed by atoms with E-state index in [-0.39, 0.29) is 5.54 Å². The van der Waals surface area contributed by atoms with Crippen molar-refractivity contribution < 1.29 is 0 Å². The molecule has 2 heteroatoms. The topological polar surface area (TPSA) is 29.4 Å². The van der Waals surface area contributed by atoms with Gasteiger partial charge in [-0.25, -0.2) is 0 Å². The summed E-state index contributed by atoms with van der Waals surface area (Å²) < 4.78 is 0. The van der Waals surface area contributed by atoms with E-state index in [0.29, 0.717) is 5.41 Å². The zero-order valence-electron chi connectivity index (χ0n) is 4.27. The summed E-state index contributed by atoms with van der Waals surface area (Å²) in [5.41, 5.74) is 0.349. The highest BCUT2D eigenvalue weighted by Gasteiger charge is 2.82. The second-order valence-electron chi connectivity index (χ2n) is 3.04. The SMILES string of the molecule is CC12CC1(N=O)C2. The fraction of sp³-hybridized carbons (Fsp3) is 1.00. The quantitative estimate of drug-likeness (QED) is 0.453. The summed E-state index contributed by atoms with van der Waals surface area (Å²) in [5, 5.41) is 3.03. The van der Waals surface area contributed by atoms with Crippen molar-refractivity contribution in [2.75, 3.05) is 0 Å². The normalized spacial score (nSPS) is 63.6. The molecule has 0 unspecified atom stereocenters. The van der Waals surface area contributed by atoms with Crippen LogP contribution in [0.4, 0.5) is 0 Å². The molecule has 0 radical (unpaired) electrons. The van der Waals surface area contributed by atoms with Gasteiger partial charge in [0.25, 0.3) is 0 Å². The number of hydrogen-bond acceptors (Lipinski definition) is 2. The molecule has 0 saturated heterocycles. The van der Waals surface area contributed by atoms with E-state index in [4.69, 9.17) is 0 Å². The van der Waals surface area contributed by atoms with E-state index >= 15 is 0 Å². The lowest BCUT2D eigenvalue weighted by atomic mass is 10.3. The van der Waals surface area contributed by atoms with Crippen molar-refractivity contribution in [2.24, 2.45) is 10.6 Å². The Morgan fingerprint density at radius 1 is 1.57 bits per heavy atom. The molecule has 2 rings (SSSR count). The molecule has 2 fully saturated rings. The lowest BCUT2D eigenvalue weighted by Crippen LogP contribution is -1.81. The highest BCUT2D eigenvalue weighted by atomic mass is 16.3. The van der Waals surface area contributed by atoms with Gasteiger partial charge in [-0.05, 0) is 12.8 Å². The summed E-state index contributed by atoms with van der Waals surface area (Å²) in [5.74, 6) is 0. The third-order valence-corrected chi connectivity index (χ3v) is 2.41. The molecule has 0 N–H and O–H groups in total. The van der Waals surface area contributed by atoms with E-state index in [0.717, 1.165) is 12.8 Å². The Hall–Kier alpha value is -0.400. The molecule has 2 aliphatic carbocycles. The largest absolute Gasteiger partial charge is 0.150 e. The minimum Gasteiger partial charge on any atom is -0.150 e. The molecule has 38 valence electrons. The number of nitroso groups, excluding NO2 is 1. The van der Waals surface area contributed by atoms with E-state index < -0.39 is 0 Å². The zero-order valence-corrected chi connectivity index (χ0v) is 4.27. The fourth-order valence-electron chi connectivity index (χ4n) is 1.33. The number of nitrogens with zero attached hydrogens (tertiary/aromatic N) is 1. The first-order chi connectivity index (χ1) is 3.22. The third kappa shape index (κ3) is 0.189. The van der Waals surface area contributed by atoms with Gasteiger partial charge in [-0.2, -0.15) is 4.91 Å². The van der Waals surface area contributed by atoms with E-state index in [1.54, 1.807) is 0 Å². The lowest BCUT2D eigenvalue weighted by Gasteiger charge is -1.81. The first-order valence-corrected chi connectivity index (χ1v) is 2.57. The summed E-state index contributed by atoms with van der Waals surface area (Å²) in [6.07, 6.45) is 2.12. The van der Waals surface area contributed by atoms with E-state index in [2.05, 4.69) is 12.1 Å². The van der Waals surface area contributed by atoms with Crippen LogP contribution in [0, 0.1) is 10.3 Å². The monoisotopic (exact) mass is 97.1 g/mol. The molecule has 2 saturated carbocycles. The van der Waals surface area contributed by atoms with E-state index in [1.165, 1.54) is 0 Å². The summed E-state index contributed by atoms with van der Waals surface area (Å²) in [7, 11) is 0. The van der Waals surface area contributed by atoms with E-state index in [1.807, 2.05) is 0 Å². The molecule has 0 bridgehead atoms. The van der Waals surface area contributed by atoms with Crippen LogP contribution in [0.25, 0.3) is 0 Å². The van der Waals surface area contributed by atoms with Gasteiger partial charge in [0.1, 0.15) is 5.54 Å². The maximum absolute atomic E-state index is 9.89. The number of fused-ring (bicyclic) bond motifs is 1. The molecule has 0 amide bonds. The van der Waals surface area contributed by atoms with Crippen molar-refractivity contribution in [3.05, 3.63) is 4.91 Å². The van der Waals surface area contributed by atoms with Gasteiger partial charge in [-0.15, -0.1) is 0 Å². The number of rotatable bonds is 1. The first kappa shape index (κ1) is 3.58. The molecule has 0 aromatic heterocycles. The summed E-state index contributed by atoms with van der Waals surface area (Å²) in [6.45, 7) is 2.12.